The van der Waals surface area contributed by atoms with Crippen LogP contribution in [0, 0.1) is 0 Å². The third kappa shape index (κ3) is 3.89. The Labute approximate surface area is 152 Å². The molecule has 1 aliphatic heterocycles. The molecule has 1 amide bonds. The van der Waals surface area contributed by atoms with Crippen LogP contribution in [0.15, 0.2) is 42.5 Å². The standard InChI is InChI=1S/C19H21ClN2O3/c1-24-17-11-14(10-16(20)19(17)25-2)12-21-8-9-22(18(23)13-21)15-6-4-3-5-7-15/h3-7,10-11H,8-9,12-13H2,1-2H3. The Morgan fingerprint density at radius 1 is 1.08 bits per heavy atom. The summed E-state index contributed by atoms with van der Waals surface area (Å²) < 4.78 is 10.6. The van der Waals surface area contributed by atoms with Gasteiger partial charge in [0.15, 0.2) is 11.5 Å². The summed E-state index contributed by atoms with van der Waals surface area (Å²) in [5, 5.41) is 0.506. The number of carbonyl (C=O) groups is 1. The van der Waals surface area contributed by atoms with Crippen molar-refractivity contribution in [3.8, 4) is 11.5 Å². The van der Waals surface area contributed by atoms with Crippen molar-refractivity contribution in [2.75, 3.05) is 38.8 Å². The third-order valence-corrected chi connectivity index (χ3v) is 4.55. The Kier molecular flexibility index (Phi) is 5.46. The molecule has 0 saturated carbocycles. The smallest absolute Gasteiger partial charge is 0.241 e. The molecule has 3 rings (SSSR count). The van der Waals surface area contributed by atoms with E-state index in [0.29, 0.717) is 36.2 Å². The monoisotopic (exact) mass is 360 g/mol. The van der Waals surface area contributed by atoms with Crippen LogP contribution in [0.2, 0.25) is 5.02 Å². The van der Waals surface area contributed by atoms with Gasteiger partial charge in [-0.1, -0.05) is 29.8 Å². The first-order chi connectivity index (χ1) is 12.1. The van der Waals surface area contributed by atoms with E-state index in [0.717, 1.165) is 17.8 Å². The molecule has 25 heavy (non-hydrogen) atoms. The first-order valence-electron chi connectivity index (χ1n) is 8.10. The molecule has 1 aliphatic rings. The average molecular weight is 361 g/mol. The minimum Gasteiger partial charge on any atom is -0.493 e. The van der Waals surface area contributed by atoms with E-state index in [1.165, 1.54) is 0 Å². The predicted octanol–water partition coefficient (Wildman–Crippen LogP) is 3.21. The van der Waals surface area contributed by atoms with Crippen LogP contribution in [0.4, 0.5) is 5.69 Å². The van der Waals surface area contributed by atoms with E-state index in [1.54, 1.807) is 14.2 Å². The molecule has 0 unspecified atom stereocenters. The maximum atomic E-state index is 12.5. The van der Waals surface area contributed by atoms with Crippen LogP contribution in [-0.2, 0) is 11.3 Å². The highest BCUT2D eigenvalue weighted by Crippen LogP contribution is 2.36. The topological polar surface area (TPSA) is 42.0 Å². The number of nitrogens with zero attached hydrogens (tertiary/aromatic N) is 2. The lowest BCUT2D eigenvalue weighted by Gasteiger charge is -2.34. The van der Waals surface area contributed by atoms with Crippen LogP contribution in [-0.4, -0.2) is 44.7 Å². The lowest BCUT2D eigenvalue weighted by molar-refractivity contribution is -0.121. The molecule has 1 fully saturated rings. The molecule has 2 aromatic rings. The number of hydrogen-bond donors (Lipinski definition) is 0. The molecule has 2 aromatic carbocycles. The van der Waals surface area contributed by atoms with E-state index in [9.17, 15) is 4.79 Å². The lowest BCUT2D eigenvalue weighted by Crippen LogP contribution is -2.50. The van der Waals surface area contributed by atoms with Gasteiger partial charge in [0.1, 0.15) is 0 Å². The minimum absolute atomic E-state index is 0.101. The molecule has 0 aliphatic carbocycles. The number of anilines is 1. The lowest BCUT2D eigenvalue weighted by atomic mass is 10.1. The van der Waals surface area contributed by atoms with Crippen LogP contribution in [0.1, 0.15) is 5.56 Å². The van der Waals surface area contributed by atoms with Crippen molar-refractivity contribution < 1.29 is 14.3 Å². The Morgan fingerprint density at radius 3 is 2.48 bits per heavy atom. The molecular weight excluding hydrogens is 340 g/mol. The summed E-state index contributed by atoms with van der Waals surface area (Å²) in [7, 11) is 3.14. The maximum Gasteiger partial charge on any atom is 0.241 e. The fourth-order valence-electron chi connectivity index (χ4n) is 3.06. The van der Waals surface area contributed by atoms with Gasteiger partial charge in [0.2, 0.25) is 5.91 Å². The molecule has 0 atom stereocenters. The van der Waals surface area contributed by atoms with E-state index >= 15 is 0 Å². The van der Waals surface area contributed by atoms with Crippen LogP contribution in [0.25, 0.3) is 0 Å². The van der Waals surface area contributed by atoms with Gasteiger partial charge in [-0.15, -0.1) is 0 Å². The van der Waals surface area contributed by atoms with Gasteiger partial charge >= 0.3 is 0 Å². The van der Waals surface area contributed by atoms with E-state index < -0.39 is 0 Å². The molecular formula is C19H21ClN2O3. The fourth-order valence-corrected chi connectivity index (χ4v) is 3.37. The second kappa shape index (κ2) is 7.76. The summed E-state index contributed by atoms with van der Waals surface area (Å²) in [6.07, 6.45) is 0. The highest BCUT2D eigenvalue weighted by Gasteiger charge is 2.25. The summed E-state index contributed by atoms with van der Waals surface area (Å²) in [5.74, 6) is 1.22. The number of piperazine rings is 1. The number of amides is 1. The second-order valence-electron chi connectivity index (χ2n) is 5.90. The van der Waals surface area contributed by atoms with E-state index in [2.05, 4.69) is 4.90 Å². The number of hydrogen-bond acceptors (Lipinski definition) is 4. The van der Waals surface area contributed by atoms with Crippen molar-refractivity contribution in [3.05, 3.63) is 53.1 Å². The molecule has 0 bridgehead atoms. The Morgan fingerprint density at radius 2 is 1.84 bits per heavy atom. The van der Waals surface area contributed by atoms with Crippen molar-refractivity contribution in [1.29, 1.82) is 0 Å². The average Bonchev–Trinajstić information content (AvgIpc) is 2.62. The number of rotatable bonds is 5. The van der Waals surface area contributed by atoms with E-state index in [1.807, 2.05) is 47.4 Å². The molecule has 5 nitrogen and oxygen atoms in total. The number of para-hydroxylation sites is 1. The van der Waals surface area contributed by atoms with Gasteiger partial charge in [-0.3, -0.25) is 9.69 Å². The first-order valence-corrected chi connectivity index (χ1v) is 8.48. The fraction of sp³-hybridized carbons (Fsp3) is 0.316. The Bertz CT molecular complexity index is 752. The second-order valence-corrected chi connectivity index (χ2v) is 6.31. The number of benzene rings is 2. The van der Waals surface area contributed by atoms with Gasteiger partial charge in [0.05, 0.1) is 25.8 Å². The zero-order valence-electron chi connectivity index (χ0n) is 14.4. The quantitative estimate of drug-likeness (QED) is 0.821. The first kappa shape index (κ1) is 17.6. The molecule has 132 valence electrons. The van der Waals surface area contributed by atoms with Gasteiger partial charge < -0.3 is 14.4 Å². The summed E-state index contributed by atoms with van der Waals surface area (Å²) in [4.78, 5) is 16.4. The molecule has 0 N–H and O–H groups in total. The van der Waals surface area contributed by atoms with Crippen molar-refractivity contribution in [2.45, 2.75) is 6.54 Å². The highest BCUT2D eigenvalue weighted by atomic mass is 35.5. The molecule has 6 heteroatoms. The largest absolute Gasteiger partial charge is 0.493 e. The van der Waals surface area contributed by atoms with Crippen molar-refractivity contribution in [1.82, 2.24) is 4.90 Å². The van der Waals surface area contributed by atoms with Gasteiger partial charge in [-0.25, -0.2) is 0 Å². The van der Waals surface area contributed by atoms with Crippen LogP contribution in [0.5, 0.6) is 11.5 Å². The van der Waals surface area contributed by atoms with E-state index in [4.69, 9.17) is 21.1 Å². The van der Waals surface area contributed by atoms with Gasteiger partial charge in [-0.2, -0.15) is 0 Å². The third-order valence-electron chi connectivity index (χ3n) is 4.27. The summed E-state index contributed by atoms with van der Waals surface area (Å²) >= 11 is 6.26. The van der Waals surface area contributed by atoms with Gasteiger partial charge in [0, 0.05) is 25.3 Å². The number of halogens is 1. The normalized spacial score (nSPS) is 15.3. The molecule has 0 aromatic heterocycles. The molecule has 0 spiro atoms. The Balaban J connectivity index is 1.70. The van der Waals surface area contributed by atoms with E-state index in [-0.39, 0.29) is 5.91 Å². The van der Waals surface area contributed by atoms with Crippen LogP contribution >= 0.6 is 11.6 Å². The molecule has 0 radical (unpaired) electrons. The number of methoxy groups -OCH3 is 2. The van der Waals surface area contributed by atoms with Crippen molar-refractivity contribution in [2.24, 2.45) is 0 Å². The highest BCUT2D eigenvalue weighted by molar-refractivity contribution is 6.32. The van der Waals surface area contributed by atoms with Crippen molar-refractivity contribution >= 4 is 23.2 Å². The zero-order chi connectivity index (χ0) is 17.8. The number of ether oxygens (including phenoxy) is 2. The summed E-state index contributed by atoms with van der Waals surface area (Å²) in [6.45, 7) is 2.48. The van der Waals surface area contributed by atoms with Crippen LogP contribution < -0.4 is 14.4 Å². The summed E-state index contributed by atoms with van der Waals surface area (Å²) in [6, 6.07) is 13.5. The minimum atomic E-state index is 0.101. The predicted molar refractivity (Wildman–Crippen MR) is 98.6 cm³/mol. The molecule has 1 heterocycles. The van der Waals surface area contributed by atoms with Gasteiger partial charge in [-0.05, 0) is 29.8 Å². The zero-order valence-corrected chi connectivity index (χ0v) is 15.1. The maximum absolute atomic E-state index is 12.5. The Hall–Kier alpha value is -2.24. The number of carbonyl (C=O) groups excluding carboxylic acids is 1. The summed E-state index contributed by atoms with van der Waals surface area (Å²) in [5.41, 5.74) is 1.94. The van der Waals surface area contributed by atoms with Crippen LogP contribution in [0.3, 0.4) is 0 Å². The van der Waals surface area contributed by atoms with Crippen molar-refractivity contribution in [3.63, 3.8) is 0 Å². The van der Waals surface area contributed by atoms with Gasteiger partial charge in [0.25, 0.3) is 0 Å². The SMILES string of the molecule is COc1cc(CN2CCN(c3ccccc3)C(=O)C2)cc(Cl)c1OC. The molecule has 1 saturated heterocycles.